The highest BCUT2D eigenvalue weighted by Crippen LogP contribution is 2.21. The molecule has 2 heterocycles. The van der Waals surface area contributed by atoms with Crippen LogP contribution in [0.2, 0.25) is 0 Å². The molecule has 0 radical (unpaired) electrons. The second-order valence-electron chi connectivity index (χ2n) is 3.61. The largest absolute Gasteiger partial charge is 0.335 e. The van der Waals surface area contributed by atoms with E-state index in [0.29, 0.717) is 5.92 Å². The number of piperidine rings is 1. The van der Waals surface area contributed by atoms with Crippen LogP contribution in [-0.4, -0.2) is 22.6 Å². The van der Waals surface area contributed by atoms with Gasteiger partial charge < -0.3 is 9.88 Å². The minimum absolute atomic E-state index is 0. The summed E-state index contributed by atoms with van der Waals surface area (Å²) in [6.45, 7) is 5.47. The van der Waals surface area contributed by atoms with E-state index in [2.05, 4.69) is 28.0 Å². The van der Waals surface area contributed by atoms with E-state index in [9.17, 15) is 0 Å². The lowest BCUT2D eigenvalue weighted by Crippen LogP contribution is -2.29. The highest BCUT2D eigenvalue weighted by Gasteiger charge is 2.18. The number of hydrogen-bond donors (Lipinski definition) is 1. The molecule has 0 bridgehead atoms. The molecule has 0 spiro atoms. The molecule has 5 heteroatoms. The molecular formula is C10H19Cl2N3. The van der Waals surface area contributed by atoms with Gasteiger partial charge in [-0.05, 0) is 26.3 Å². The number of nitrogens with one attached hydrogen (secondary N) is 1. The van der Waals surface area contributed by atoms with Gasteiger partial charge in [0.2, 0.25) is 0 Å². The molecule has 1 aliphatic rings. The highest BCUT2D eigenvalue weighted by atomic mass is 35.5. The van der Waals surface area contributed by atoms with Crippen molar-refractivity contribution in [3.05, 3.63) is 18.2 Å². The molecule has 1 fully saturated rings. The molecular weight excluding hydrogens is 233 g/mol. The van der Waals surface area contributed by atoms with Crippen molar-refractivity contribution in [1.82, 2.24) is 14.9 Å². The van der Waals surface area contributed by atoms with Gasteiger partial charge in [-0.2, -0.15) is 0 Å². The Labute approximate surface area is 103 Å². The van der Waals surface area contributed by atoms with Crippen molar-refractivity contribution in [1.29, 1.82) is 0 Å². The normalized spacial score (nSPS) is 20.2. The zero-order chi connectivity index (χ0) is 9.10. The zero-order valence-electron chi connectivity index (χ0n) is 8.98. The first-order valence-electron chi connectivity index (χ1n) is 5.13. The van der Waals surface area contributed by atoms with Gasteiger partial charge in [0.15, 0.2) is 0 Å². The highest BCUT2D eigenvalue weighted by molar-refractivity contribution is 5.85. The van der Waals surface area contributed by atoms with Gasteiger partial charge >= 0.3 is 0 Å². The van der Waals surface area contributed by atoms with Crippen LogP contribution in [0.3, 0.4) is 0 Å². The third-order valence-corrected chi connectivity index (χ3v) is 2.75. The number of aryl methyl sites for hydroxylation is 1. The summed E-state index contributed by atoms with van der Waals surface area (Å²) in [7, 11) is 0. The predicted octanol–water partition coefficient (Wildman–Crippen LogP) is 2.21. The van der Waals surface area contributed by atoms with Gasteiger partial charge in [0, 0.05) is 31.4 Å². The van der Waals surface area contributed by atoms with Crippen molar-refractivity contribution in [2.24, 2.45) is 0 Å². The van der Waals surface area contributed by atoms with Gasteiger partial charge in [0.05, 0.1) is 0 Å². The number of hydrogen-bond acceptors (Lipinski definition) is 2. The Hall–Kier alpha value is -0.250. The molecule has 1 atom stereocenters. The Balaban J connectivity index is 0.000000980. The molecule has 1 N–H and O–H groups in total. The van der Waals surface area contributed by atoms with Crippen LogP contribution in [0.5, 0.6) is 0 Å². The summed E-state index contributed by atoms with van der Waals surface area (Å²) in [5.41, 5.74) is 0. The maximum Gasteiger partial charge on any atom is 0.113 e. The van der Waals surface area contributed by atoms with Crippen molar-refractivity contribution in [3.8, 4) is 0 Å². The maximum absolute atomic E-state index is 4.43. The predicted molar refractivity (Wildman–Crippen MR) is 67.2 cm³/mol. The molecule has 1 unspecified atom stereocenters. The maximum atomic E-state index is 4.43. The molecule has 1 aromatic rings. The van der Waals surface area contributed by atoms with Crippen LogP contribution in [0.4, 0.5) is 0 Å². The second-order valence-corrected chi connectivity index (χ2v) is 3.61. The fraction of sp³-hybridized carbons (Fsp3) is 0.700. The average molecular weight is 252 g/mol. The lowest BCUT2D eigenvalue weighted by molar-refractivity contribution is 0.434. The SMILES string of the molecule is CCn1ccnc1C1CCCNC1.Cl.Cl. The summed E-state index contributed by atoms with van der Waals surface area (Å²) in [4.78, 5) is 4.43. The van der Waals surface area contributed by atoms with Crippen LogP contribution in [0.1, 0.15) is 31.5 Å². The molecule has 1 aliphatic heterocycles. The van der Waals surface area contributed by atoms with E-state index in [1.54, 1.807) is 0 Å². The smallest absolute Gasteiger partial charge is 0.113 e. The topological polar surface area (TPSA) is 29.9 Å². The first kappa shape index (κ1) is 14.8. The van der Waals surface area contributed by atoms with Gasteiger partial charge in [-0.15, -0.1) is 24.8 Å². The lowest BCUT2D eigenvalue weighted by atomic mass is 9.99. The van der Waals surface area contributed by atoms with Gasteiger partial charge in [0.1, 0.15) is 5.82 Å². The van der Waals surface area contributed by atoms with Crippen molar-refractivity contribution in [2.45, 2.75) is 32.2 Å². The summed E-state index contributed by atoms with van der Waals surface area (Å²) in [5.74, 6) is 1.89. The molecule has 88 valence electrons. The van der Waals surface area contributed by atoms with Gasteiger partial charge in [-0.3, -0.25) is 0 Å². The van der Waals surface area contributed by atoms with E-state index >= 15 is 0 Å². The lowest BCUT2D eigenvalue weighted by Gasteiger charge is -2.22. The van der Waals surface area contributed by atoms with Gasteiger partial charge in [-0.25, -0.2) is 4.98 Å². The van der Waals surface area contributed by atoms with Crippen LogP contribution < -0.4 is 5.32 Å². The van der Waals surface area contributed by atoms with Crippen molar-refractivity contribution in [3.63, 3.8) is 0 Å². The molecule has 0 amide bonds. The Morgan fingerprint density at radius 2 is 2.33 bits per heavy atom. The minimum Gasteiger partial charge on any atom is -0.335 e. The zero-order valence-corrected chi connectivity index (χ0v) is 10.6. The second kappa shape index (κ2) is 7.09. The number of nitrogens with zero attached hydrogens (tertiary/aromatic N) is 2. The Bertz CT molecular complexity index is 269. The van der Waals surface area contributed by atoms with Crippen LogP contribution in [-0.2, 0) is 6.54 Å². The van der Waals surface area contributed by atoms with Crippen molar-refractivity contribution >= 4 is 24.8 Å². The van der Waals surface area contributed by atoms with E-state index in [1.807, 2.05) is 6.20 Å². The molecule has 15 heavy (non-hydrogen) atoms. The molecule has 1 aromatic heterocycles. The Morgan fingerprint density at radius 1 is 1.53 bits per heavy atom. The van der Waals surface area contributed by atoms with Crippen LogP contribution >= 0.6 is 24.8 Å². The van der Waals surface area contributed by atoms with E-state index in [-0.39, 0.29) is 24.8 Å². The summed E-state index contributed by atoms with van der Waals surface area (Å²) >= 11 is 0. The molecule has 0 aliphatic carbocycles. The summed E-state index contributed by atoms with van der Waals surface area (Å²) in [6.07, 6.45) is 6.54. The van der Waals surface area contributed by atoms with E-state index in [0.717, 1.165) is 13.1 Å². The third-order valence-electron chi connectivity index (χ3n) is 2.75. The van der Waals surface area contributed by atoms with Gasteiger partial charge in [0.25, 0.3) is 0 Å². The van der Waals surface area contributed by atoms with Crippen molar-refractivity contribution in [2.75, 3.05) is 13.1 Å². The first-order valence-corrected chi connectivity index (χ1v) is 5.13. The fourth-order valence-corrected chi connectivity index (χ4v) is 2.02. The van der Waals surface area contributed by atoms with E-state index in [4.69, 9.17) is 0 Å². The number of rotatable bonds is 2. The van der Waals surface area contributed by atoms with E-state index < -0.39 is 0 Å². The average Bonchev–Trinajstić information content (AvgIpc) is 2.67. The van der Waals surface area contributed by atoms with Crippen LogP contribution in [0.25, 0.3) is 0 Å². The first-order chi connectivity index (χ1) is 6.42. The summed E-state index contributed by atoms with van der Waals surface area (Å²) < 4.78 is 2.25. The number of imidazole rings is 1. The molecule has 3 nitrogen and oxygen atoms in total. The summed E-state index contributed by atoms with van der Waals surface area (Å²) in [6, 6.07) is 0. The van der Waals surface area contributed by atoms with Crippen molar-refractivity contribution < 1.29 is 0 Å². The standard InChI is InChI=1S/C10H17N3.2ClH/c1-2-13-7-6-12-10(13)9-4-3-5-11-8-9;;/h6-7,9,11H,2-5,8H2,1H3;2*1H. The summed E-state index contributed by atoms with van der Waals surface area (Å²) in [5, 5.41) is 3.42. The third kappa shape index (κ3) is 3.37. The number of aromatic nitrogens is 2. The van der Waals surface area contributed by atoms with E-state index in [1.165, 1.54) is 25.2 Å². The van der Waals surface area contributed by atoms with Gasteiger partial charge in [-0.1, -0.05) is 0 Å². The minimum atomic E-state index is 0. The number of halogens is 2. The fourth-order valence-electron chi connectivity index (χ4n) is 2.02. The Morgan fingerprint density at radius 3 is 2.93 bits per heavy atom. The molecule has 0 saturated carbocycles. The van der Waals surface area contributed by atoms with Crippen LogP contribution in [0.15, 0.2) is 12.4 Å². The Kier molecular flexibility index (Phi) is 6.98. The monoisotopic (exact) mass is 251 g/mol. The molecule has 1 saturated heterocycles. The quantitative estimate of drug-likeness (QED) is 0.874. The molecule has 2 rings (SSSR count). The molecule has 0 aromatic carbocycles. The van der Waals surface area contributed by atoms with Crippen LogP contribution in [0, 0.1) is 0 Å².